The molecule has 12 aliphatic carbocycles. The Morgan fingerprint density at radius 1 is 0.541 bits per heavy atom. The van der Waals surface area contributed by atoms with Gasteiger partial charge in [0.25, 0.3) is 0 Å². The van der Waals surface area contributed by atoms with Gasteiger partial charge in [-0.15, -0.1) is 34.0 Å². The van der Waals surface area contributed by atoms with Crippen LogP contribution in [-0.2, 0) is 38.2 Å². The SMILES string of the molecule is CC12C=CC(=O)C=C1CCC1C2[C@@H](O)CC2(C)C1CC[C@]2(O)C(=O)CSc1nc2ccccc2s1.CC12C[C@H](O)[C@@]3(F)C(CCC4=CC(=O)CCC43C)C1CC[C@]2(O)C(=O)CSc1nc2ccccc2s1.CCC[C@@H]1O[C@@H]2CC3C4CCC5=CC(=O)C=CC5(C)C4[C@@H](O)CC3(C)[C@]2(C(=O)CSc2nc3ccccc3s2)O1. The monoisotopic (exact) mass is 1620 g/mol. The van der Waals surface area contributed by atoms with E-state index in [1.165, 1.54) is 46.6 Å². The van der Waals surface area contributed by atoms with Gasteiger partial charge in [0.05, 0.1) is 72.3 Å². The number of ether oxygens (including phenoxy) is 2. The van der Waals surface area contributed by atoms with Crippen molar-refractivity contribution in [2.45, 2.75) is 230 Å². The van der Waals surface area contributed by atoms with E-state index in [4.69, 9.17) is 14.5 Å². The highest BCUT2D eigenvalue weighted by atomic mass is 32.2. The molecule has 13 aliphatic rings. The summed E-state index contributed by atoms with van der Waals surface area (Å²) < 4.78 is 36.3. The second kappa shape index (κ2) is 28.5. The molecule has 0 spiro atoms. The van der Waals surface area contributed by atoms with Gasteiger partial charge in [0.2, 0.25) is 0 Å². The number of allylic oxidation sites excluding steroid dienone is 9. The first-order chi connectivity index (χ1) is 52.9. The van der Waals surface area contributed by atoms with Crippen molar-refractivity contribution < 1.29 is 68.2 Å². The summed E-state index contributed by atoms with van der Waals surface area (Å²) in [5.41, 5.74) is -3.85. The molecule has 23 atom stereocenters. The highest BCUT2D eigenvalue weighted by molar-refractivity contribution is 8.02. The van der Waals surface area contributed by atoms with Crippen LogP contribution in [0.5, 0.6) is 0 Å². The number of para-hydroxylation sites is 3. The molecule has 0 amide bonds. The molecule has 111 heavy (non-hydrogen) atoms. The molecule has 3 aromatic carbocycles. The number of aliphatic hydroxyl groups is 5. The highest BCUT2D eigenvalue weighted by Gasteiger charge is 2.77. The number of hydrogen-bond donors (Lipinski definition) is 5. The summed E-state index contributed by atoms with van der Waals surface area (Å²) in [6.07, 6.45) is 19.9. The first kappa shape index (κ1) is 78.3. The van der Waals surface area contributed by atoms with Gasteiger partial charge >= 0.3 is 0 Å². The molecule has 9 saturated carbocycles. The smallest absolute Gasteiger partial charge is 0.178 e. The van der Waals surface area contributed by atoms with Crippen molar-refractivity contribution >= 4 is 135 Å². The second-order valence-electron chi connectivity index (χ2n) is 35.8. The summed E-state index contributed by atoms with van der Waals surface area (Å²) in [5.74, 6) is 0.403. The van der Waals surface area contributed by atoms with Crippen LogP contribution in [0.2, 0.25) is 0 Å². The number of thiazole rings is 3. The highest BCUT2D eigenvalue weighted by Crippen LogP contribution is 2.73. The third-order valence-corrected chi connectivity index (χ3v) is 37.3. The number of halogens is 1. The Hall–Kier alpha value is -5.25. The first-order valence-corrected chi connectivity index (χ1v) is 45.5. The van der Waals surface area contributed by atoms with E-state index in [9.17, 15) is 54.3 Å². The Morgan fingerprint density at radius 2 is 1.00 bits per heavy atom. The van der Waals surface area contributed by atoms with E-state index in [1.54, 1.807) is 53.1 Å². The first-order valence-electron chi connectivity index (χ1n) is 40.1. The van der Waals surface area contributed by atoms with Crippen molar-refractivity contribution in [3.8, 4) is 0 Å². The Morgan fingerprint density at radius 3 is 1.50 bits per heavy atom. The lowest BCUT2D eigenvalue weighted by Crippen LogP contribution is -2.69. The number of alkyl halides is 1. The van der Waals surface area contributed by atoms with Gasteiger partial charge in [-0.1, -0.05) is 155 Å². The Kier molecular flexibility index (Phi) is 20.1. The topological polar surface area (TPSA) is 261 Å². The molecular weight excluding hydrogens is 1520 g/mol. The number of Topliss-reactive ketones (excluding diaryl/α,β-unsaturated/α-hetero) is 3. The molecule has 23 heteroatoms. The Labute approximate surface area is 672 Å². The number of carbonyl (C=O) groups is 6. The maximum atomic E-state index is 17.2. The minimum Gasteiger partial charge on any atom is -0.393 e. The summed E-state index contributed by atoms with van der Waals surface area (Å²) >= 11 is 8.94. The van der Waals surface area contributed by atoms with Gasteiger partial charge in [-0.2, -0.15) is 0 Å². The molecule has 0 bridgehead atoms. The molecule has 1 saturated heterocycles. The largest absolute Gasteiger partial charge is 0.393 e. The van der Waals surface area contributed by atoms with Gasteiger partial charge < -0.3 is 35.0 Å². The van der Waals surface area contributed by atoms with Crippen LogP contribution in [-0.4, -0.2) is 146 Å². The summed E-state index contributed by atoms with van der Waals surface area (Å²) in [6.45, 7) is 14.4. The summed E-state index contributed by atoms with van der Waals surface area (Å²) in [5, 5.41) is 58.6. The molecule has 14 unspecified atom stereocenters. The average molecular weight is 1620 g/mol. The molecule has 5 N–H and O–H groups in total. The van der Waals surface area contributed by atoms with Crippen molar-refractivity contribution in [3.05, 3.63) is 132 Å². The van der Waals surface area contributed by atoms with Crippen molar-refractivity contribution in [2.75, 3.05) is 17.3 Å². The number of carbonyl (C=O) groups excluding carboxylic acids is 6. The summed E-state index contributed by atoms with van der Waals surface area (Å²) in [7, 11) is 0. The number of ketones is 6. The predicted octanol–water partition coefficient (Wildman–Crippen LogP) is 16.4. The number of aromatic nitrogens is 3. The maximum Gasteiger partial charge on any atom is 0.178 e. The molecule has 4 heterocycles. The fraction of sp³-hybridized carbons (Fsp3) is 0.580. The Balaban J connectivity index is 0.000000121. The van der Waals surface area contributed by atoms with E-state index in [1.807, 2.05) is 99.7 Å². The molecule has 1 aliphatic heterocycles. The van der Waals surface area contributed by atoms with Crippen LogP contribution in [0.1, 0.15) is 164 Å². The lowest BCUT2D eigenvalue weighted by atomic mass is 9.44. The average Bonchev–Trinajstić information content (AvgIpc) is 1.60. The third-order valence-electron chi connectivity index (χ3n) is 30.8. The van der Waals surface area contributed by atoms with E-state index < -0.39 is 74.7 Å². The third kappa shape index (κ3) is 12.1. The molecule has 10 fully saturated rings. The lowest BCUT2D eigenvalue weighted by Gasteiger charge is -2.63. The molecule has 588 valence electrons. The van der Waals surface area contributed by atoms with Gasteiger partial charge in [0, 0.05) is 56.7 Å². The lowest BCUT2D eigenvalue weighted by molar-refractivity contribution is -0.225. The van der Waals surface area contributed by atoms with E-state index >= 15 is 4.39 Å². The van der Waals surface area contributed by atoms with Crippen LogP contribution in [0.15, 0.2) is 145 Å². The molecular formula is C88H100FN3O13S6. The van der Waals surface area contributed by atoms with E-state index in [2.05, 4.69) is 43.7 Å². The van der Waals surface area contributed by atoms with E-state index in [0.29, 0.717) is 51.4 Å². The molecule has 3 aromatic heterocycles. The van der Waals surface area contributed by atoms with Crippen LogP contribution in [0.25, 0.3) is 30.6 Å². The van der Waals surface area contributed by atoms with Crippen LogP contribution >= 0.6 is 69.3 Å². The van der Waals surface area contributed by atoms with Crippen molar-refractivity contribution in [1.82, 2.24) is 15.0 Å². The van der Waals surface area contributed by atoms with Crippen LogP contribution in [0, 0.1) is 79.8 Å². The second-order valence-corrected chi connectivity index (χ2v) is 42.5. The zero-order chi connectivity index (χ0) is 78.0. The number of hydrogen-bond acceptors (Lipinski definition) is 22. The number of thioether (sulfide) groups is 3. The Bertz CT molecular complexity index is 4870. The zero-order valence-corrected chi connectivity index (χ0v) is 68.9. The minimum absolute atomic E-state index is 0.000462. The summed E-state index contributed by atoms with van der Waals surface area (Å²) in [6, 6.07) is 23.8. The normalized spacial score (nSPS) is 41.4. The number of rotatable bonds is 14. The minimum atomic E-state index is -1.87. The van der Waals surface area contributed by atoms with Crippen molar-refractivity contribution in [3.63, 3.8) is 0 Å². The number of aliphatic hydroxyl groups excluding tert-OH is 3. The van der Waals surface area contributed by atoms with Crippen LogP contribution in [0.3, 0.4) is 0 Å². The number of benzene rings is 3. The fourth-order valence-electron chi connectivity index (χ4n) is 25.3. The number of fused-ring (bicyclic) bond motifs is 20. The molecule has 6 aromatic rings. The maximum absolute atomic E-state index is 17.2. The van der Waals surface area contributed by atoms with Crippen LogP contribution < -0.4 is 0 Å². The van der Waals surface area contributed by atoms with Crippen molar-refractivity contribution in [2.24, 2.45) is 79.8 Å². The van der Waals surface area contributed by atoms with E-state index in [0.717, 1.165) is 112 Å². The van der Waals surface area contributed by atoms with Gasteiger partial charge in [-0.05, 0) is 199 Å². The van der Waals surface area contributed by atoms with Gasteiger partial charge in [-0.25, -0.2) is 19.3 Å². The van der Waals surface area contributed by atoms with Crippen molar-refractivity contribution in [1.29, 1.82) is 0 Å². The molecule has 0 radical (unpaired) electrons. The zero-order valence-electron chi connectivity index (χ0n) is 64.0. The standard InChI is InChI=1S/C32H37NO5S2.C28H32FNO4S2.C28H31NO4S2/c1-4-7-27-37-26-15-21-20-11-10-18-14-19(34)12-13-30(18,2)28(20)23(35)16-31(21,3)32(26,38-27)25(36)17-39-29-33-22-8-5-6-9-24(22)40-29;1-25-11-9-17(31)13-16(25)7-8-19-18-10-12-27(34,26(18,2)14-22(32)28(19,25)29)23(33)15-35-24-30-20-5-3-4-6-21(20)36-24;1-26-11-9-17(30)13-16(26)7-8-18-19-10-12-28(33,27(19,2)14-21(31)24(18)26)23(32)15-34-25-29-20-5-3-4-6-22(20)35-25/h5-6,8-9,12-14,20-21,23,26-28,35H,4,7,10-11,15-17H2,1-3H3;3-6,13,18-19,22,32,34H,7-12,14-15H2,1-2H3;3-6,9,11,13,18-19,21,24,31,33H,7-8,10,12,14-15H2,1-2H3/t20?,21?,23-,26+,27+,28?,30?,31?,32+;18?,19?,22-,25?,26?,27-,28-;18?,19?,21-,24?,26?,27?,28-/m000/s1. The van der Waals surface area contributed by atoms with Gasteiger partial charge in [0.15, 0.2) is 59.6 Å². The van der Waals surface area contributed by atoms with Gasteiger partial charge in [0.1, 0.15) is 16.9 Å². The molecule has 19 rings (SSSR count). The van der Waals surface area contributed by atoms with Crippen LogP contribution in [0.4, 0.5) is 4.39 Å². The van der Waals surface area contributed by atoms with Gasteiger partial charge in [-0.3, -0.25) is 28.8 Å². The quantitative estimate of drug-likeness (QED) is 0.0635. The molecule has 16 nitrogen and oxygen atoms in total. The summed E-state index contributed by atoms with van der Waals surface area (Å²) in [4.78, 5) is 91.8. The fourth-order valence-corrected chi connectivity index (χ4v) is 31.4. The van der Waals surface area contributed by atoms with E-state index in [-0.39, 0.29) is 123 Å². The number of nitrogens with zero attached hydrogens (tertiary/aromatic N) is 3. The predicted molar refractivity (Wildman–Crippen MR) is 433 cm³/mol.